The lowest BCUT2D eigenvalue weighted by Gasteiger charge is -2.16. The Morgan fingerprint density at radius 2 is 1.43 bits per heavy atom. The molecule has 9 nitrogen and oxygen atoms in total. The smallest absolute Gasteiger partial charge is 0.255 e. The molecule has 2 aromatic rings. The summed E-state index contributed by atoms with van der Waals surface area (Å²) in [6, 6.07) is 7.60. The third-order valence-electron chi connectivity index (χ3n) is 4.14. The number of methoxy groups -OCH3 is 5. The molecule has 9 heteroatoms. The first-order valence-electron chi connectivity index (χ1n) is 8.64. The topological polar surface area (TPSA) is 115 Å². The van der Waals surface area contributed by atoms with Gasteiger partial charge in [-0.25, -0.2) is 0 Å². The summed E-state index contributed by atoms with van der Waals surface area (Å²) in [6.07, 6.45) is 1.23. The molecule has 0 saturated heterocycles. The van der Waals surface area contributed by atoms with Gasteiger partial charge in [0.1, 0.15) is 11.5 Å². The van der Waals surface area contributed by atoms with E-state index in [4.69, 9.17) is 23.7 Å². The SMILES string of the molecule is COc1ccc(/C=C(/NC(=O)c2cc(OC)c(OC)c(OC)c2)C(=O)[O-])c(OC)c1. The molecule has 0 bridgehead atoms. The molecule has 0 aromatic heterocycles. The molecular weight excluding hydrogens is 394 g/mol. The van der Waals surface area contributed by atoms with Crippen molar-refractivity contribution in [2.45, 2.75) is 0 Å². The summed E-state index contributed by atoms with van der Waals surface area (Å²) in [7, 11) is 7.16. The van der Waals surface area contributed by atoms with Crippen molar-refractivity contribution in [1.82, 2.24) is 5.32 Å². The van der Waals surface area contributed by atoms with Gasteiger partial charge in [-0.05, 0) is 30.3 Å². The van der Waals surface area contributed by atoms with Crippen LogP contribution in [0.3, 0.4) is 0 Å². The first-order valence-corrected chi connectivity index (χ1v) is 8.64. The number of benzene rings is 2. The van der Waals surface area contributed by atoms with Crippen LogP contribution in [0.2, 0.25) is 0 Å². The van der Waals surface area contributed by atoms with Crippen LogP contribution >= 0.6 is 0 Å². The van der Waals surface area contributed by atoms with E-state index in [0.29, 0.717) is 22.8 Å². The molecule has 1 N–H and O–H groups in total. The van der Waals surface area contributed by atoms with E-state index in [0.717, 1.165) is 0 Å². The molecule has 0 fully saturated rings. The highest BCUT2D eigenvalue weighted by molar-refractivity contribution is 6.03. The molecule has 0 atom stereocenters. The number of ether oxygens (including phenoxy) is 5. The molecule has 0 radical (unpaired) electrons. The van der Waals surface area contributed by atoms with Gasteiger partial charge < -0.3 is 38.9 Å². The Balaban J connectivity index is 2.42. The number of amides is 1. The Morgan fingerprint density at radius 3 is 1.90 bits per heavy atom. The second-order valence-corrected chi connectivity index (χ2v) is 5.82. The zero-order valence-corrected chi connectivity index (χ0v) is 17.2. The second-order valence-electron chi connectivity index (χ2n) is 5.82. The minimum Gasteiger partial charge on any atom is -0.543 e. The fourth-order valence-corrected chi connectivity index (χ4v) is 2.65. The largest absolute Gasteiger partial charge is 0.543 e. The van der Waals surface area contributed by atoms with Gasteiger partial charge in [0.15, 0.2) is 11.5 Å². The number of nitrogens with one attached hydrogen (secondary N) is 1. The van der Waals surface area contributed by atoms with Crippen LogP contribution in [0.25, 0.3) is 6.08 Å². The summed E-state index contributed by atoms with van der Waals surface area (Å²) in [5.74, 6) is -0.604. The zero-order chi connectivity index (χ0) is 22.3. The van der Waals surface area contributed by atoms with Crippen molar-refractivity contribution in [2.24, 2.45) is 0 Å². The van der Waals surface area contributed by atoms with E-state index >= 15 is 0 Å². The van der Waals surface area contributed by atoms with Crippen LogP contribution in [0.15, 0.2) is 36.0 Å². The lowest BCUT2D eigenvalue weighted by atomic mass is 10.1. The van der Waals surface area contributed by atoms with E-state index < -0.39 is 17.6 Å². The molecule has 30 heavy (non-hydrogen) atoms. The van der Waals surface area contributed by atoms with Crippen LogP contribution in [0, 0.1) is 0 Å². The maximum Gasteiger partial charge on any atom is 0.255 e. The molecule has 1 amide bonds. The maximum absolute atomic E-state index is 12.7. The van der Waals surface area contributed by atoms with E-state index in [1.807, 2.05) is 0 Å². The number of carbonyl (C=O) groups excluding carboxylic acids is 2. The van der Waals surface area contributed by atoms with Crippen LogP contribution in [0.1, 0.15) is 15.9 Å². The predicted molar refractivity (Wildman–Crippen MR) is 106 cm³/mol. The Bertz CT molecular complexity index is 942. The lowest BCUT2D eigenvalue weighted by molar-refractivity contribution is -0.299. The number of carboxylic acid groups (broad SMARTS) is 1. The summed E-state index contributed by atoms with van der Waals surface area (Å²) < 4.78 is 26.0. The van der Waals surface area contributed by atoms with Gasteiger partial charge in [-0.1, -0.05) is 0 Å². The highest BCUT2D eigenvalue weighted by atomic mass is 16.5. The Morgan fingerprint density at radius 1 is 0.833 bits per heavy atom. The Labute approximate surface area is 173 Å². The lowest BCUT2D eigenvalue weighted by Crippen LogP contribution is -2.35. The number of hydrogen-bond donors (Lipinski definition) is 1. The van der Waals surface area contributed by atoms with Gasteiger partial charge in [0.05, 0.1) is 47.2 Å². The summed E-state index contributed by atoms with van der Waals surface area (Å²) in [4.78, 5) is 24.3. The van der Waals surface area contributed by atoms with Gasteiger partial charge in [0.25, 0.3) is 5.91 Å². The molecule has 0 saturated carbocycles. The van der Waals surface area contributed by atoms with Gasteiger partial charge in [-0.3, -0.25) is 4.79 Å². The fraction of sp³-hybridized carbons (Fsp3) is 0.238. The monoisotopic (exact) mass is 416 g/mol. The number of carboxylic acids is 1. The molecular formula is C21H22NO8-. The van der Waals surface area contributed by atoms with Crippen molar-refractivity contribution in [3.8, 4) is 28.7 Å². The van der Waals surface area contributed by atoms with E-state index in [9.17, 15) is 14.7 Å². The second kappa shape index (κ2) is 10.1. The van der Waals surface area contributed by atoms with E-state index in [2.05, 4.69) is 5.32 Å². The molecule has 0 aliphatic rings. The molecule has 0 spiro atoms. The van der Waals surface area contributed by atoms with Crippen molar-refractivity contribution in [3.05, 3.63) is 47.2 Å². The minimum atomic E-state index is -1.58. The van der Waals surface area contributed by atoms with Crippen molar-refractivity contribution >= 4 is 18.0 Å². The Hall–Kier alpha value is -3.88. The normalized spacial score (nSPS) is 10.8. The molecule has 0 aliphatic heterocycles. The average Bonchev–Trinajstić information content (AvgIpc) is 2.77. The van der Waals surface area contributed by atoms with Crippen LogP contribution in [-0.2, 0) is 4.79 Å². The molecule has 0 unspecified atom stereocenters. The third-order valence-corrected chi connectivity index (χ3v) is 4.14. The fourth-order valence-electron chi connectivity index (χ4n) is 2.65. The number of hydrogen-bond acceptors (Lipinski definition) is 8. The Kier molecular flexibility index (Phi) is 7.51. The molecule has 0 aliphatic carbocycles. The van der Waals surface area contributed by atoms with Crippen molar-refractivity contribution in [2.75, 3.05) is 35.5 Å². The zero-order valence-electron chi connectivity index (χ0n) is 17.2. The predicted octanol–water partition coefficient (Wildman–Crippen LogP) is 1.25. The molecule has 2 aromatic carbocycles. The van der Waals surface area contributed by atoms with Crippen LogP contribution < -0.4 is 34.1 Å². The number of rotatable bonds is 9. The summed E-state index contributed by atoms with van der Waals surface area (Å²) >= 11 is 0. The molecule has 2 rings (SSSR count). The van der Waals surface area contributed by atoms with Crippen LogP contribution in [-0.4, -0.2) is 47.4 Å². The van der Waals surface area contributed by atoms with Gasteiger partial charge in [0.2, 0.25) is 5.75 Å². The van der Waals surface area contributed by atoms with Crippen LogP contribution in [0.5, 0.6) is 28.7 Å². The molecule has 160 valence electrons. The third kappa shape index (κ3) is 4.93. The number of carbonyl (C=O) groups is 2. The highest BCUT2D eigenvalue weighted by Gasteiger charge is 2.18. The van der Waals surface area contributed by atoms with Gasteiger partial charge in [0, 0.05) is 17.2 Å². The van der Waals surface area contributed by atoms with E-state index in [1.165, 1.54) is 53.8 Å². The molecule has 0 heterocycles. The van der Waals surface area contributed by atoms with Crippen molar-refractivity contribution < 1.29 is 38.4 Å². The van der Waals surface area contributed by atoms with E-state index in [1.54, 1.807) is 18.2 Å². The van der Waals surface area contributed by atoms with Crippen LogP contribution in [0.4, 0.5) is 0 Å². The van der Waals surface area contributed by atoms with Gasteiger partial charge in [-0.15, -0.1) is 0 Å². The quantitative estimate of drug-likeness (QED) is 0.608. The standard InChI is InChI=1S/C21H23NO8/c1-26-14-7-6-12(16(11-14)27-2)8-15(21(24)25)22-20(23)13-9-17(28-3)19(30-5)18(10-13)29-4/h6-11H,1-5H3,(H,22,23)(H,24,25)/p-1/b15-8+. The number of aliphatic carboxylic acids is 1. The van der Waals surface area contributed by atoms with Crippen molar-refractivity contribution in [1.29, 1.82) is 0 Å². The van der Waals surface area contributed by atoms with Gasteiger partial charge in [-0.2, -0.15) is 0 Å². The van der Waals surface area contributed by atoms with Crippen molar-refractivity contribution in [3.63, 3.8) is 0 Å². The summed E-state index contributed by atoms with van der Waals surface area (Å²) in [6.45, 7) is 0. The first-order chi connectivity index (χ1) is 14.4. The minimum absolute atomic E-state index is 0.0957. The maximum atomic E-state index is 12.7. The highest BCUT2D eigenvalue weighted by Crippen LogP contribution is 2.38. The van der Waals surface area contributed by atoms with E-state index in [-0.39, 0.29) is 17.1 Å². The first kappa shape index (κ1) is 22.4. The summed E-state index contributed by atoms with van der Waals surface area (Å²) in [5, 5.41) is 13.9. The van der Waals surface area contributed by atoms with Gasteiger partial charge >= 0.3 is 0 Å². The average molecular weight is 416 g/mol. The summed E-state index contributed by atoms with van der Waals surface area (Å²) in [5.41, 5.74) is 0.0401.